The fourth-order valence-electron chi connectivity index (χ4n) is 1.62. The van der Waals surface area contributed by atoms with Crippen molar-refractivity contribution in [1.29, 1.82) is 0 Å². The summed E-state index contributed by atoms with van der Waals surface area (Å²) in [6, 6.07) is 7.43. The van der Waals surface area contributed by atoms with Crippen LogP contribution in [0.3, 0.4) is 0 Å². The highest BCUT2D eigenvalue weighted by Crippen LogP contribution is 2.30. The molecule has 2 rings (SSSR count). The van der Waals surface area contributed by atoms with E-state index >= 15 is 0 Å². The monoisotopic (exact) mass is 268 g/mol. The first-order chi connectivity index (χ1) is 7.97. The van der Waals surface area contributed by atoms with Gasteiger partial charge in [-0.2, -0.15) is 0 Å². The SMILES string of the molecule is CC(O)(Cc1ccc(Cl)cc1)c1cnc(N)s1. The topological polar surface area (TPSA) is 59.1 Å². The molecule has 3 nitrogen and oxygen atoms in total. The van der Waals surface area contributed by atoms with Crippen LogP contribution in [-0.2, 0) is 12.0 Å². The first-order valence-corrected chi connectivity index (χ1v) is 6.35. The van der Waals surface area contributed by atoms with E-state index in [2.05, 4.69) is 4.98 Å². The molecule has 1 atom stereocenters. The number of halogens is 1. The zero-order valence-corrected chi connectivity index (χ0v) is 10.9. The van der Waals surface area contributed by atoms with Gasteiger partial charge in [0, 0.05) is 17.6 Å². The first kappa shape index (κ1) is 12.4. The fourth-order valence-corrected chi connectivity index (χ4v) is 2.48. The summed E-state index contributed by atoms with van der Waals surface area (Å²) >= 11 is 7.12. The van der Waals surface area contributed by atoms with E-state index in [1.165, 1.54) is 11.3 Å². The van der Waals surface area contributed by atoms with Crippen molar-refractivity contribution in [2.24, 2.45) is 0 Å². The van der Waals surface area contributed by atoms with E-state index in [9.17, 15) is 5.11 Å². The zero-order valence-electron chi connectivity index (χ0n) is 9.35. The number of anilines is 1. The number of nitrogens with two attached hydrogens (primary N) is 1. The Hall–Kier alpha value is -1.10. The maximum absolute atomic E-state index is 10.4. The molecule has 17 heavy (non-hydrogen) atoms. The number of nitrogen functional groups attached to an aromatic ring is 1. The van der Waals surface area contributed by atoms with E-state index in [0.717, 1.165) is 10.4 Å². The molecule has 5 heteroatoms. The second kappa shape index (κ2) is 4.64. The van der Waals surface area contributed by atoms with Crippen molar-refractivity contribution in [3.05, 3.63) is 45.9 Å². The molecule has 0 amide bonds. The Morgan fingerprint density at radius 1 is 1.41 bits per heavy atom. The predicted octanol–water partition coefficient (Wildman–Crippen LogP) is 2.83. The van der Waals surface area contributed by atoms with Gasteiger partial charge >= 0.3 is 0 Å². The summed E-state index contributed by atoms with van der Waals surface area (Å²) in [5.74, 6) is 0. The molecule has 0 spiro atoms. The number of hydrogen-bond donors (Lipinski definition) is 2. The maximum atomic E-state index is 10.4. The second-order valence-corrected chi connectivity index (χ2v) is 5.64. The van der Waals surface area contributed by atoms with Gasteiger partial charge in [-0.3, -0.25) is 0 Å². The van der Waals surface area contributed by atoms with Gasteiger partial charge in [-0.1, -0.05) is 35.1 Å². The molecular formula is C12H13ClN2OS. The van der Waals surface area contributed by atoms with Gasteiger partial charge in [0.25, 0.3) is 0 Å². The molecule has 0 aliphatic rings. The molecule has 90 valence electrons. The van der Waals surface area contributed by atoms with E-state index in [1.54, 1.807) is 13.1 Å². The van der Waals surface area contributed by atoms with Crippen LogP contribution in [0.25, 0.3) is 0 Å². The number of aliphatic hydroxyl groups is 1. The molecule has 1 unspecified atom stereocenters. The van der Waals surface area contributed by atoms with Crippen LogP contribution in [0, 0.1) is 0 Å². The molecule has 3 N–H and O–H groups in total. The van der Waals surface area contributed by atoms with Gasteiger partial charge in [0.05, 0.1) is 4.88 Å². The molecule has 0 radical (unpaired) electrons. The lowest BCUT2D eigenvalue weighted by atomic mass is 9.95. The smallest absolute Gasteiger partial charge is 0.180 e. The van der Waals surface area contributed by atoms with Gasteiger partial charge in [0.2, 0.25) is 0 Å². The standard InChI is InChI=1S/C12H13ClN2OS/c1-12(16,10-7-15-11(14)17-10)6-8-2-4-9(13)5-3-8/h2-5,7,16H,6H2,1H3,(H2,14,15). The minimum absolute atomic E-state index is 0.469. The lowest BCUT2D eigenvalue weighted by molar-refractivity contribution is 0.0613. The first-order valence-electron chi connectivity index (χ1n) is 5.16. The van der Waals surface area contributed by atoms with Gasteiger partial charge in [0.1, 0.15) is 5.60 Å². The second-order valence-electron chi connectivity index (χ2n) is 4.14. The number of thiazole rings is 1. The van der Waals surface area contributed by atoms with E-state index in [1.807, 2.05) is 24.3 Å². The third-order valence-electron chi connectivity index (χ3n) is 2.52. The highest BCUT2D eigenvalue weighted by Gasteiger charge is 2.26. The average Bonchev–Trinajstić information content (AvgIpc) is 2.69. The Balaban J connectivity index is 2.19. The van der Waals surface area contributed by atoms with Gasteiger partial charge in [-0.05, 0) is 24.6 Å². The average molecular weight is 269 g/mol. The molecule has 1 aromatic heterocycles. The van der Waals surface area contributed by atoms with Gasteiger partial charge in [-0.15, -0.1) is 0 Å². The van der Waals surface area contributed by atoms with Crippen LogP contribution in [0.15, 0.2) is 30.5 Å². The minimum atomic E-state index is -0.955. The zero-order chi connectivity index (χ0) is 12.5. The summed E-state index contributed by atoms with van der Waals surface area (Å²) in [6.45, 7) is 1.76. The Labute approximate surface area is 109 Å². The van der Waals surface area contributed by atoms with Crippen molar-refractivity contribution in [3.63, 3.8) is 0 Å². The van der Waals surface area contributed by atoms with Crippen molar-refractivity contribution in [3.8, 4) is 0 Å². The molecule has 0 fully saturated rings. The Morgan fingerprint density at radius 3 is 2.59 bits per heavy atom. The van der Waals surface area contributed by atoms with Gasteiger partial charge in [-0.25, -0.2) is 4.98 Å². The highest BCUT2D eigenvalue weighted by atomic mass is 35.5. The normalized spacial score (nSPS) is 14.5. The third kappa shape index (κ3) is 2.97. The van der Waals surface area contributed by atoms with E-state index in [-0.39, 0.29) is 0 Å². The van der Waals surface area contributed by atoms with Crippen LogP contribution in [0.5, 0.6) is 0 Å². The minimum Gasteiger partial charge on any atom is -0.384 e. The van der Waals surface area contributed by atoms with Crippen LogP contribution in [0.2, 0.25) is 5.02 Å². The number of benzene rings is 1. The Kier molecular flexibility index (Phi) is 3.38. The summed E-state index contributed by atoms with van der Waals surface area (Å²) in [5, 5.41) is 11.6. The molecule has 0 aliphatic carbocycles. The Morgan fingerprint density at radius 2 is 2.06 bits per heavy atom. The van der Waals surface area contributed by atoms with E-state index in [4.69, 9.17) is 17.3 Å². The molecule has 2 aromatic rings. The highest BCUT2D eigenvalue weighted by molar-refractivity contribution is 7.15. The summed E-state index contributed by atoms with van der Waals surface area (Å²) in [7, 11) is 0. The number of hydrogen-bond acceptors (Lipinski definition) is 4. The summed E-state index contributed by atoms with van der Waals surface area (Å²) < 4.78 is 0. The maximum Gasteiger partial charge on any atom is 0.180 e. The van der Waals surface area contributed by atoms with Crippen LogP contribution in [-0.4, -0.2) is 10.1 Å². The quantitative estimate of drug-likeness (QED) is 0.900. The summed E-state index contributed by atoms with van der Waals surface area (Å²) in [5.41, 5.74) is 5.63. The predicted molar refractivity (Wildman–Crippen MR) is 71.3 cm³/mol. The fraction of sp³-hybridized carbons (Fsp3) is 0.250. The molecule has 0 bridgehead atoms. The van der Waals surface area contributed by atoms with Crippen molar-refractivity contribution in [1.82, 2.24) is 4.98 Å². The summed E-state index contributed by atoms with van der Waals surface area (Å²) in [4.78, 5) is 4.72. The van der Waals surface area contributed by atoms with Crippen LogP contribution < -0.4 is 5.73 Å². The van der Waals surface area contributed by atoms with Crippen LogP contribution in [0.1, 0.15) is 17.4 Å². The molecule has 1 heterocycles. The van der Waals surface area contributed by atoms with Crippen LogP contribution in [0.4, 0.5) is 5.13 Å². The van der Waals surface area contributed by atoms with Gasteiger partial charge in [0.15, 0.2) is 5.13 Å². The van der Waals surface area contributed by atoms with E-state index in [0.29, 0.717) is 16.6 Å². The number of nitrogens with zero attached hydrogens (tertiary/aromatic N) is 1. The Bertz CT molecular complexity index is 507. The molecule has 1 aromatic carbocycles. The molecule has 0 saturated heterocycles. The van der Waals surface area contributed by atoms with Crippen molar-refractivity contribution < 1.29 is 5.11 Å². The lowest BCUT2D eigenvalue weighted by Gasteiger charge is -2.21. The largest absolute Gasteiger partial charge is 0.384 e. The number of aromatic nitrogens is 1. The van der Waals surface area contributed by atoms with Gasteiger partial charge < -0.3 is 10.8 Å². The summed E-state index contributed by atoms with van der Waals surface area (Å²) in [6.07, 6.45) is 2.13. The number of rotatable bonds is 3. The molecule has 0 saturated carbocycles. The van der Waals surface area contributed by atoms with Crippen molar-refractivity contribution in [2.45, 2.75) is 18.9 Å². The van der Waals surface area contributed by atoms with Crippen molar-refractivity contribution >= 4 is 28.1 Å². The molecule has 0 aliphatic heterocycles. The lowest BCUT2D eigenvalue weighted by Crippen LogP contribution is -2.22. The van der Waals surface area contributed by atoms with Crippen LogP contribution >= 0.6 is 22.9 Å². The molecular weight excluding hydrogens is 256 g/mol. The van der Waals surface area contributed by atoms with Crippen molar-refractivity contribution in [2.75, 3.05) is 5.73 Å². The third-order valence-corrected chi connectivity index (χ3v) is 3.85. The van der Waals surface area contributed by atoms with E-state index < -0.39 is 5.60 Å².